The monoisotopic (exact) mass is 513 g/mol. The summed E-state index contributed by atoms with van der Waals surface area (Å²) in [5, 5.41) is 13.1. The highest BCUT2D eigenvalue weighted by molar-refractivity contribution is 5.95. The van der Waals surface area contributed by atoms with Gasteiger partial charge in [0, 0.05) is 17.4 Å². The topological polar surface area (TPSA) is 51.8 Å². The van der Waals surface area contributed by atoms with E-state index < -0.39 is 0 Å². The molecule has 0 saturated heterocycles. The summed E-state index contributed by atoms with van der Waals surface area (Å²) in [6.07, 6.45) is 12.5. The van der Waals surface area contributed by atoms with Crippen LogP contribution < -0.4 is 31.2 Å². The number of aromatic hydroxyl groups is 1. The SMILES string of the molecule is CCCCCCCCc1c2[n+](cc3c(OC)c(OC)ccc13)CCc1cc(OCCC)c(O)cc1-2.[Cl-]. The molecule has 1 N–H and O–H groups in total. The van der Waals surface area contributed by atoms with Crippen LogP contribution in [0.2, 0.25) is 0 Å². The number of phenols is 1. The van der Waals surface area contributed by atoms with E-state index in [1.165, 1.54) is 54.3 Å². The lowest BCUT2D eigenvalue weighted by Crippen LogP contribution is -3.00. The molecule has 1 aliphatic heterocycles. The van der Waals surface area contributed by atoms with E-state index in [1.54, 1.807) is 14.2 Å². The standard InChI is InChI=1S/C30H39NO4.ClH/c1-5-7-8-9-10-11-12-23-22-13-14-27(33-3)30(34-4)25(22)20-31-16-15-21-18-28(35-17-6-2)26(32)19-24(21)29(23)31;/h13-14,18-20H,5-12,15-17H2,1-4H3;1H. The predicted molar refractivity (Wildman–Crippen MR) is 141 cm³/mol. The van der Waals surface area contributed by atoms with E-state index in [0.29, 0.717) is 12.4 Å². The van der Waals surface area contributed by atoms with Gasteiger partial charge >= 0.3 is 0 Å². The number of hydrogen-bond donors (Lipinski definition) is 1. The molecule has 1 aromatic heterocycles. The van der Waals surface area contributed by atoms with Crippen molar-refractivity contribution in [1.29, 1.82) is 0 Å². The number of pyridine rings is 1. The van der Waals surface area contributed by atoms with E-state index in [-0.39, 0.29) is 18.2 Å². The number of aromatic nitrogens is 1. The summed E-state index contributed by atoms with van der Waals surface area (Å²) in [5.74, 6) is 2.33. The molecule has 0 radical (unpaired) electrons. The zero-order chi connectivity index (χ0) is 24.8. The van der Waals surface area contributed by atoms with Crippen molar-refractivity contribution in [2.24, 2.45) is 0 Å². The fourth-order valence-corrected chi connectivity index (χ4v) is 5.30. The number of rotatable bonds is 12. The third kappa shape index (κ3) is 5.67. The summed E-state index contributed by atoms with van der Waals surface area (Å²) in [5.41, 5.74) is 4.87. The van der Waals surface area contributed by atoms with Crippen LogP contribution >= 0.6 is 0 Å². The Labute approximate surface area is 221 Å². The van der Waals surface area contributed by atoms with Gasteiger partial charge in [-0.25, -0.2) is 0 Å². The highest BCUT2D eigenvalue weighted by Gasteiger charge is 2.31. The Morgan fingerprint density at radius 3 is 2.39 bits per heavy atom. The minimum absolute atomic E-state index is 0. The molecule has 2 aromatic carbocycles. The third-order valence-electron chi connectivity index (χ3n) is 7.07. The number of halogens is 1. The van der Waals surface area contributed by atoms with E-state index >= 15 is 0 Å². The normalized spacial score (nSPS) is 12.0. The minimum atomic E-state index is 0. The second kappa shape index (κ2) is 13.0. The first-order chi connectivity index (χ1) is 17.1. The number of hydrogen-bond acceptors (Lipinski definition) is 4. The van der Waals surface area contributed by atoms with E-state index in [1.807, 2.05) is 18.2 Å². The molecule has 0 fully saturated rings. The van der Waals surface area contributed by atoms with Crippen LogP contribution in [0.25, 0.3) is 22.0 Å². The van der Waals surface area contributed by atoms with Gasteiger partial charge in [0.15, 0.2) is 35.7 Å². The van der Waals surface area contributed by atoms with Gasteiger partial charge < -0.3 is 31.7 Å². The van der Waals surface area contributed by atoms with E-state index in [9.17, 15) is 5.11 Å². The Bertz CT molecular complexity index is 1180. The summed E-state index contributed by atoms with van der Waals surface area (Å²) in [4.78, 5) is 0. The smallest absolute Gasteiger partial charge is 0.216 e. The van der Waals surface area contributed by atoms with Gasteiger partial charge in [0.05, 0.1) is 31.8 Å². The highest BCUT2D eigenvalue weighted by Crippen LogP contribution is 2.42. The molecule has 6 heteroatoms. The zero-order valence-corrected chi connectivity index (χ0v) is 22.9. The molecule has 196 valence electrons. The number of methoxy groups -OCH3 is 2. The Kier molecular flexibility index (Phi) is 10.1. The van der Waals surface area contributed by atoms with Crippen molar-refractivity contribution < 1.29 is 36.3 Å². The largest absolute Gasteiger partial charge is 1.00 e. The molecule has 0 bridgehead atoms. The fraction of sp³-hybridized carbons (Fsp3) is 0.500. The van der Waals surface area contributed by atoms with Crippen molar-refractivity contribution in [3.05, 3.63) is 41.6 Å². The number of benzene rings is 2. The van der Waals surface area contributed by atoms with Crippen LogP contribution in [-0.2, 0) is 19.4 Å². The molecule has 0 saturated carbocycles. The molecule has 4 rings (SSSR count). The fourth-order valence-electron chi connectivity index (χ4n) is 5.30. The van der Waals surface area contributed by atoms with Crippen LogP contribution in [0, 0.1) is 0 Å². The van der Waals surface area contributed by atoms with Crippen molar-refractivity contribution in [3.63, 3.8) is 0 Å². The minimum Gasteiger partial charge on any atom is -1.00 e. The number of phenolic OH excluding ortho intramolecular Hbond substituents is 1. The lowest BCUT2D eigenvalue weighted by Gasteiger charge is -2.21. The van der Waals surface area contributed by atoms with Gasteiger partial charge in [-0.1, -0.05) is 46.0 Å². The Morgan fingerprint density at radius 2 is 1.67 bits per heavy atom. The highest BCUT2D eigenvalue weighted by atomic mass is 35.5. The van der Waals surface area contributed by atoms with Crippen LogP contribution in [0.15, 0.2) is 30.5 Å². The number of aryl methyl sites for hydroxylation is 3. The van der Waals surface area contributed by atoms with Gasteiger partial charge in [0.2, 0.25) is 5.69 Å². The quantitative estimate of drug-likeness (QED) is 0.296. The second-order valence-electron chi connectivity index (χ2n) is 9.51. The summed E-state index contributed by atoms with van der Waals surface area (Å²) >= 11 is 0. The maximum atomic E-state index is 10.8. The molecule has 0 amide bonds. The summed E-state index contributed by atoms with van der Waals surface area (Å²) in [6, 6.07) is 8.11. The molecule has 5 nitrogen and oxygen atoms in total. The van der Waals surface area contributed by atoms with Crippen molar-refractivity contribution in [2.45, 2.75) is 78.2 Å². The van der Waals surface area contributed by atoms with Gasteiger partial charge in [-0.05, 0) is 49.1 Å². The maximum absolute atomic E-state index is 10.8. The van der Waals surface area contributed by atoms with Crippen LogP contribution in [0.5, 0.6) is 23.0 Å². The number of unbranched alkanes of at least 4 members (excludes halogenated alkanes) is 5. The Balaban J connectivity index is 0.00000361. The number of ether oxygens (including phenoxy) is 3. The Morgan fingerprint density at radius 1 is 0.889 bits per heavy atom. The molecule has 0 atom stereocenters. The van der Waals surface area contributed by atoms with Crippen molar-refractivity contribution in [3.8, 4) is 34.3 Å². The van der Waals surface area contributed by atoms with Crippen molar-refractivity contribution in [1.82, 2.24) is 0 Å². The molecule has 0 unspecified atom stereocenters. The van der Waals surface area contributed by atoms with E-state index in [2.05, 4.69) is 30.7 Å². The van der Waals surface area contributed by atoms with E-state index in [0.717, 1.165) is 54.7 Å². The second-order valence-corrected chi connectivity index (χ2v) is 9.51. The molecular formula is C30H40ClNO4. The zero-order valence-electron chi connectivity index (χ0n) is 22.2. The molecule has 0 spiro atoms. The van der Waals surface area contributed by atoms with Gasteiger partial charge in [-0.2, -0.15) is 4.57 Å². The van der Waals surface area contributed by atoms with Gasteiger partial charge in [-0.15, -0.1) is 0 Å². The Hall–Kier alpha value is -2.66. The maximum Gasteiger partial charge on any atom is 0.216 e. The lowest BCUT2D eigenvalue weighted by molar-refractivity contribution is -0.686. The molecule has 0 aliphatic carbocycles. The molecular weight excluding hydrogens is 474 g/mol. The summed E-state index contributed by atoms with van der Waals surface area (Å²) in [7, 11) is 3.39. The predicted octanol–water partition coefficient (Wildman–Crippen LogP) is 3.77. The van der Waals surface area contributed by atoms with Crippen LogP contribution in [0.1, 0.15) is 69.9 Å². The lowest BCUT2D eigenvalue weighted by atomic mass is 9.89. The first kappa shape index (κ1) is 27.9. The molecule has 36 heavy (non-hydrogen) atoms. The first-order valence-electron chi connectivity index (χ1n) is 13.2. The first-order valence-corrected chi connectivity index (χ1v) is 13.2. The van der Waals surface area contributed by atoms with Crippen LogP contribution in [0.3, 0.4) is 0 Å². The van der Waals surface area contributed by atoms with Crippen LogP contribution in [0.4, 0.5) is 0 Å². The van der Waals surface area contributed by atoms with Gasteiger partial charge in [0.25, 0.3) is 0 Å². The summed E-state index contributed by atoms with van der Waals surface area (Å²) < 4.78 is 19.6. The van der Waals surface area contributed by atoms with Crippen molar-refractivity contribution in [2.75, 3.05) is 20.8 Å². The number of nitrogens with zero attached hydrogens (tertiary/aromatic N) is 1. The molecule has 3 aromatic rings. The molecule has 2 heterocycles. The number of fused-ring (bicyclic) bond motifs is 4. The van der Waals surface area contributed by atoms with Crippen LogP contribution in [-0.4, -0.2) is 25.9 Å². The average Bonchev–Trinajstić information content (AvgIpc) is 2.88. The third-order valence-corrected chi connectivity index (χ3v) is 7.07. The van der Waals surface area contributed by atoms with E-state index in [4.69, 9.17) is 14.2 Å². The summed E-state index contributed by atoms with van der Waals surface area (Å²) in [6.45, 7) is 5.81. The van der Waals surface area contributed by atoms with Gasteiger partial charge in [0.1, 0.15) is 0 Å². The molecule has 1 aliphatic rings. The average molecular weight is 514 g/mol. The van der Waals surface area contributed by atoms with Crippen molar-refractivity contribution >= 4 is 10.8 Å². The van der Waals surface area contributed by atoms with Gasteiger partial charge in [-0.3, -0.25) is 0 Å².